The molecule has 0 bridgehead atoms. The highest BCUT2D eigenvalue weighted by molar-refractivity contribution is 7.78. The van der Waals surface area contributed by atoms with Gasteiger partial charge in [-0.1, -0.05) is 67.2 Å². The first-order valence-corrected chi connectivity index (χ1v) is 8.99. The van der Waals surface area contributed by atoms with Crippen LogP contribution in [-0.4, -0.2) is 26.7 Å². The van der Waals surface area contributed by atoms with Crippen molar-refractivity contribution in [1.29, 1.82) is 0 Å². The van der Waals surface area contributed by atoms with Gasteiger partial charge in [-0.05, 0) is 5.57 Å². The Hall–Kier alpha value is -1.67. The molecule has 0 fully saturated rings. The van der Waals surface area contributed by atoms with Gasteiger partial charge in [-0.3, -0.25) is 0 Å². The molecule has 2 rings (SSSR count). The summed E-state index contributed by atoms with van der Waals surface area (Å²) in [6.45, 7) is 4.56. The minimum Gasteiger partial charge on any atom is -0.359 e. The van der Waals surface area contributed by atoms with Gasteiger partial charge in [0.25, 0.3) is 0 Å². The van der Waals surface area contributed by atoms with Crippen molar-refractivity contribution < 1.29 is 14.0 Å². The number of benzene rings is 2. The second kappa shape index (κ2) is 8.09. The van der Waals surface area contributed by atoms with Gasteiger partial charge in [0.2, 0.25) is 0 Å². The maximum Gasteiger partial charge on any atom is 0.147 e. The molecule has 116 valence electrons. The van der Waals surface area contributed by atoms with Crippen LogP contribution in [0.15, 0.2) is 72.8 Å². The smallest absolute Gasteiger partial charge is 0.147 e. The summed E-state index contributed by atoms with van der Waals surface area (Å²) in [5, 5.41) is 1.68. The Morgan fingerprint density at radius 2 is 1.50 bits per heavy atom. The van der Waals surface area contributed by atoms with Crippen LogP contribution in [0, 0.1) is 0 Å². The number of hydrogen-bond donors (Lipinski definition) is 0. The van der Waals surface area contributed by atoms with Crippen LogP contribution in [0.5, 0.6) is 0 Å². The van der Waals surface area contributed by atoms with E-state index in [9.17, 15) is 4.57 Å². The zero-order chi connectivity index (χ0) is 15.8. The highest BCUT2D eigenvalue weighted by Crippen LogP contribution is 2.44. The van der Waals surface area contributed by atoms with Crippen molar-refractivity contribution in [1.82, 2.24) is 0 Å². The second-order valence-corrected chi connectivity index (χ2v) is 7.90. The molecule has 2 aromatic carbocycles. The van der Waals surface area contributed by atoms with Gasteiger partial charge in [0, 0.05) is 23.9 Å². The van der Waals surface area contributed by atoms with Gasteiger partial charge in [0.15, 0.2) is 0 Å². The van der Waals surface area contributed by atoms with E-state index in [0.717, 1.165) is 16.2 Å². The lowest BCUT2D eigenvalue weighted by Gasteiger charge is -2.20. The van der Waals surface area contributed by atoms with Crippen molar-refractivity contribution in [3.63, 3.8) is 0 Å². The predicted octanol–water partition coefficient (Wildman–Crippen LogP) is 3.18. The van der Waals surface area contributed by atoms with E-state index in [4.69, 9.17) is 9.47 Å². The molecule has 0 spiro atoms. The van der Waals surface area contributed by atoms with E-state index in [1.807, 2.05) is 60.7 Å². The van der Waals surface area contributed by atoms with Crippen LogP contribution < -0.4 is 10.6 Å². The van der Waals surface area contributed by atoms with Crippen molar-refractivity contribution in [2.24, 2.45) is 0 Å². The number of ether oxygens (including phenoxy) is 2. The molecule has 0 aromatic heterocycles. The lowest BCUT2D eigenvalue weighted by molar-refractivity contribution is -0.0209. The molecule has 0 radical (unpaired) electrons. The lowest BCUT2D eigenvalue weighted by Crippen LogP contribution is -2.20. The third kappa shape index (κ3) is 4.17. The Bertz CT molecular complexity index is 594. The quantitative estimate of drug-likeness (QED) is 0.325. The summed E-state index contributed by atoms with van der Waals surface area (Å²) in [5.41, 5.74) is 0.799. The van der Waals surface area contributed by atoms with Crippen molar-refractivity contribution >= 4 is 17.8 Å². The molecular formula is C18H21O3P. The van der Waals surface area contributed by atoms with Gasteiger partial charge in [-0.15, -0.1) is 0 Å². The van der Waals surface area contributed by atoms with Crippen molar-refractivity contribution in [2.75, 3.05) is 26.7 Å². The Kier molecular flexibility index (Phi) is 6.14. The van der Waals surface area contributed by atoms with Crippen LogP contribution in [0.4, 0.5) is 0 Å². The lowest BCUT2D eigenvalue weighted by atomic mass is 10.4. The Balaban J connectivity index is 2.27. The molecule has 0 unspecified atom stereocenters. The minimum atomic E-state index is -2.75. The largest absolute Gasteiger partial charge is 0.359 e. The zero-order valence-electron chi connectivity index (χ0n) is 12.8. The van der Waals surface area contributed by atoms with Crippen LogP contribution in [0.25, 0.3) is 0 Å². The molecule has 4 heteroatoms. The third-order valence-electron chi connectivity index (χ3n) is 3.30. The summed E-state index contributed by atoms with van der Waals surface area (Å²) in [5.74, 6) is 0. The summed E-state index contributed by atoms with van der Waals surface area (Å²) in [4.78, 5) is 0. The monoisotopic (exact) mass is 316 g/mol. The zero-order valence-corrected chi connectivity index (χ0v) is 13.7. The van der Waals surface area contributed by atoms with E-state index in [0.29, 0.717) is 12.8 Å². The molecule has 2 aromatic rings. The van der Waals surface area contributed by atoms with E-state index in [1.54, 1.807) is 7.11 Å². The van der Waals surface area contributed by atoms with Gasteiger partial charge in [0.05, 0.1) is 6.61 Å². The number of hydrogen-bond acceptors (Lipinski definition) is 3. The van der Waals surface area contributed by atoms with Crippen molar-refractivity contribution in [3.8, 4) is 0 Å². The topological polar surface area (TPSA) is 35.5 Å². The Morgan fingerprint density at radius 1 is 1.00 bits per heavy atom. The molecule has 0 aliphatic heterocycles. The van der Waals surface area contributed by atoms with Crippen LogP contribution in [-0.2, 0) is 14.0 Å². The van der Waals surface area contributed by atoms with E-state index in [2.05, 4.69) is 6.58 Å². The normalized spacial score (nSPS) is 11.3. The van der Waals surface area contributed by atoms with E-state index >= 15 is 0 Å². The van der Waals surface area contributed by atoms with Crippen LogP contribution in [0.3, 0.4) is 0 Å². The van der Waals surface area contributed by atoms with Gasteiger partial charge in [0.1, 0.15) is 13.9 Å². The molecule has 0 atom stereocenters. The average Bonchev–Trinajstić information content (AvgIpc) is 2.56. The standard InChI is InChI=1S/C18H21O3P/c1-16(13-21-15-20-2)14-22(19,17-9-5-3-6-10-17)18-11-7-4-8-12-18/h3-12H,1,13-15H2,2H3. The van der Waals surface area contributed by atoms with Gasteiger partial charge < -0.3 is 14.0 Å². The van der Waals surface area contributed by atoms with Crippen LogP contribution in [0.2, 0.25) is 0 Å². The summed E-state index contributed by atoms with van der Waals surface area (Å²) >= 11 is 0. The first-order valence-electron chi connectivity index (χ1n) is 7.10. The maximum atomic E-state index is 13.7. The van der Waals surface area contributed by atoms with E-state index in [-0.39, 0.29) is 6.79 Å². The second-order valence-electron chi connectivity index (χ2n) is 5.07. The van der Waals surface area contributed by atoms with Crippen molar-refractivity contribution in [2.45, 2.75) is 0 Å². The average molecular weight is 316 g/mol. The molecular weight excluding hydrogens is 295 g/mol. The third-order valence-corrected chi connectivity index (χ3v) is 6.46. The van der Waals surface area contributed by atoms with Crippen LogP contribution in [0.1, 0.15) is 0 Å². The fourth-order valence-corrected chi connectivity index (χ4v) is 4.99. The SMILES string of the molecule is C=C(COCOC)CP(=O)(c1ccccc1)c1ccccc1. The number of methoxy groups -OCH3 is 1. The fraction of sp³-hybridized carbons (Fsp3) is 0.222. The Morgan fingerprint density at radius 3 is 1.95 bits per heavy atom. The first-order chi connectivity index (χ1) is 10.7. The molecule has 3 nitrogen and oxygen atoms in total. The molecule has 0 aliphatic rings. The molecule has 0 N–H and O–H groups in total. The molecule has 0 heterocycles. The highest BCUT2D eigenvalue weighted by atomic mass is 31.2. The van der Waals surface area contributed by atoms with Gasteiger partial charge in [-0.25, -0.2) is 0 Å². The highest BCUT2D eigenvalue weighted by Gasteiger charge is 2.27. The molecule has 0 saturated heterocycles. The summed E-state index contributed by atoms with van der Waals surface area (Å²) in [7, 11) is -1.18. The van der Waals surface area contributed by atoms with Gasteiger partial charge >= 0.3 is 0 Å². The predicted molar refractivity (Wildman–Crippen MR) is 91.6 cm³/mol. The molecule has 22 heavy (non-hydrogen) atoms. The van der Waals surface area contributed by atoms with E-state index in [1.165, 1.54) is 0 Å². The molecule has 0 aliphatic carbocycles. The fourth-order valence-electron chi connectivity index (χ4n) is 2.30. The minimum absolute atomic E-state index is 0.208. The maximum absolute atomic E-state index is 13.7. The van der Waals surface area contributed by atoms with E-state index < -0.39 is 7.14 Å². The first kappa shape index (κ1) is 16.7. The Labute approximate surface area is 132 Å². The number of rotatable bonds is 8. The van der Waals surface area contributed by atoms with Crippen LogP contribution >= 0.6 is 7.14 Å². The van der Waals surface area contributed by atoms with Crippen molar-refractivity contribution in [3.05, 3.63) is 72.8 Å². The van der Waals surface area contributed by atoms with Gasteiger partial charge in [-0.2, -0.15) is 0 Å². The summed E-state index contributed by atoms with van der Waals surface area (Å²) in [6.07, 6.45) is 0.394. The molecule has 0 amide bonds. The summed E-state index contributed by atoms with van der Waals surface area (Å²) in [6, 6.07) is 19.2. The summed E-state index contributed by atoms with van der Waals surface area (Å²) < 4.78 is 23.9. The molecule has 0 saturated carbocycles.